The van der Waals surface area contributed by atoms with Crippen molar-refractivity contribution < 1.29 is 9.90 Å². The molecule has 4 heteroatoms. The molecule has 0 radical (unpaired) electrons. The Hall–Kier alpha value is -0.770. The van der Waals surface area contributed by atoms with Crippen LogP contribution in [0.1, 0.15) is 54.9 Å². The van der Waals surface area contributed by atoms with E-state index >= 15 is 0 Å². The van der Waals surface area contributed by atoms with E-state index in [1.807, 2.05) is 6.92 Å². The molecule has 0 aromatic rings. The first-order valence-corrected chi connectivity index (χ1v) is 7.22. The molecule has 0 saturated heterocycles. The van der Waals surface area contributed by atoms with Crippen LogP contribution in [-0.4, -0.2) is 41.3 Å². The molecule has 0 fully saturated rings. The van der Waals surface area contributed by atoms with Gasteiger partial charge in [0.05, 0.1) is 12.1 Å². The second-order valence-electron chi connectivity index (χ2n) is 7.25. The number of aliphatic hydroxyl groups is 1. The van der Waals surface area contributed by atoms with Gasteiger partial charge in [-0.1, -0.05) is 27.7 Å². The molecule has 4 nitrogen and oxygen atoms in total. The van der Waals surface area contributed by atoms with E-state index in [1.54, 1.807) is 18.7 Å². The Kier molecular flexibility index (Phi) is 6.84. The van der Waals surface area contributed by atoms with Crippen molar-refractivity contribution in [1.29, 1.82) is 0 Å². The summed E-state index contributed by atoms with van der Waals surface area (Å²) in [5, 5.41) is 12.8. The molecule has 0 saturated carbocycles. The van der Waals surface area contributed by atoms with Crippen LogP contribution >= 0.6 is 0 Å². The zero-order valence-electron chi connectivity index (χ0n) is 13.7. The SMILES string of the molecule is CCN(CC(C)(C)O)C(=O)NCC(C)(C)CC(C)C. The summed E-state index contributed by atoms with van der Waals surface area (Å²) in [6, 6.07) is -0.0959. The Labute approximate surface area is 118 Å². The number of nitrogens with one attached hydrogen (secondary N) is 1. The average molecular weight is 272 g/mol. The van der Waals surface area contributed by atoms with Gasteiger partial charge in [-0.25, -0.2) is 4.79 Å². The molecule has 0 spiro atoms. The van der Waals surface area contributed by atoms with Gasteiger partial charge in [0.15, 0.2) is 0 Å². The van der Waals surface area contributed by atoms with Crippen LogP contribution < -0.4 is 5.32 Å². The third kappa shape index (κ3) is 8.87. The first kappa shape index (κ1) is 18.2. The van der Waals surface area contributed by atoms with E-state index in [9.17, 15) is 9.90 Å². The largest absolute Gasteiger partial charge is 0.389 e. The molecule has 0 aromatic heterocycles. The normalized spacial score (nSPS) is 12.7. The van der Waals surface area contributed by atoms with Crippen molar-refractivity contribution in [1.82, 2.24) is 10.2 Å². The van der Waals surface area contributed by atoms with Crippen LogP contribution in [0.2, 0.25) is 0 Å². The molecule has 19 heavy (non-hydrogen) atoms. The second-order valence-corrected chi connectivity index (χ2v) is 7.25. The molecular weight excluding hydrogens is 240 g/mol. The fraction of sp³-hybridized carbons (Fsp3) is 0.933. The van der Waals surface area contributed by atoms with Crippen LogP contribution in [0.4, 0.5) is 4.79 Å². The summed E-state index contributed by atoms with van der Waals surface area (Å²) in [6.45, 7) is 15.7. The number of hydrogen-bond acceptors (Lipinski definition) is 2. The molecule has 0 aliphatic carbocycles. The highest BCUT2D eigenvalue weighted by molar-refractivity contribution is 5.74. The van der Waals surface area contributed by atoms with Crippen LogP contribution in [0.15, 0.2) is 0 Å². The molecule has 0 atom stereocenters. The van der Waals surface area contributed by atoms with Crippen LogP contribution in [0.25, 0.3) is 0 Å². The van der Waals surface area contributed by atoms with E-state index in [-0.39, 0.29) is 11.4 Å². The Balaban J connectivity index is 4.35. The van der Waals surface area contributed by atoms with E-state index in [0.29, 0.717) is 25.6 Å². The maximum atomic E-state index is 12.1. The standard InChI is InChI=1S/C15H32N2O2/c1-8-17(11-15(6,7)19)13(18)16-10-14(4,5)9-12(2)3/h12,19H,8-11H2,1-7H3,(H,16,18). The summed E-state index contributed by atoms with van der Waals surface area (Å²) in [4.78, 5) is 13.7. The van der Waals surface area contributed by atoms with Crippen molar-refractivity contribution >= 4 is 6.03 Å². The molecule has 2 amide bonds. The van der Waals surface area contributed by atoms with Crippen molar-refractivity contribution in [3.63, 3.8) is 0 Å². The molecular formula is C15H32N2O2. The highest BCUT2D eigenvalue weighted by Gasteiger charge is 2.24. The minimum absolute atomic E-state index is 0.0952. The Morgan fingerprint density at radius 2 is 1.79 bits per heavy atom. The highest BCUT2D eigenvalue weighted by atomic mass is 16.3. The van der Waals surface area contributed by atoms with Gasteiger partial charge in [0.1, 0.15) is 0 Å². The highest BCUT2D eigenvalue weighted by Crippen LogP contribution is 2.24. The molecule has 0 aliphatic rings. The van der Waals surface area contributed by atoms with Gasteiger partial charge >= 0.3 is 6.03 Å². The van der Waals surface area contributed by atoms with Gasteiger partial charge in [-0.3, -0.25) is 0 Å². The maximum absolute atomic E-state index is 12.1. The molecule has 0 aromatic carbocycles. The van der Waals surface area contributed by atoms with E-state index in [4.69, 9.17) is 0 Å². The second kappa shape index (κ2) is 7.13. The first-order valence-electron chi connectivity index (χ1n) is 7.22. The molecule has 2 N–H and O–H groups in total. The van der Waals surface area contributed by atoms with Gasteiger partial charge in [-0.05, 0) is 38.5 Å². The van der Waals surface area contributed by atoms with Crippen LogP contribution in [0.3, 0.4) is 0 Å². The van der Waals surface area contributed by atoms with Gasteiger partial charge in [0, 0.05) is 13.1 Å². The van der Waals surface area contributed by atoms with Gasteiger partial charge < -0.3 is 15.3 Å². The number of urea groups is 1. The monoisotopic (exact) mass is 272 g/mol. The van der Waals surface area contributed by atoms with Crippen LogP contribution in [-0.2, 0) is 0 Å². The molecule has 0 rings (SSSR count). The van der Waals surface area contributed by atoms with Crippen LogP contribution in [0.5, 0.6) is 0 Å². The summed E-state index contributed by atoms with van der Waals surface area (Å²) >= 11 is 0. The fourth-order valence-electron chi connectivity index (χ4n) is 2.40. The van der Waals surface area contributed by atoms with E-state index in [0.717, 1.165) is 6.42 Å². The molecule has 114 valence electrons. The number of carbonyl (C=O) groups is 1. The number of rotatable bonds is 7. The third-order valence-electron chi connectivity index (χ3n) is 2.93. The van der Waals surface area contributed by atoms with Crippen molar-refractivity contribution in [2.75, 3.05) is 19.6 Å². The van der Waals surface area contributed by atoms with Gasteiger partial charge in [0.2, 0.25) is 0 Å². The summed E-state index contributed by atoms with van der Waals surface area (Å²) in [5.74, 6) is 0.616. The fourth-order valence-corrected chi connectivity index (χ4v) is 2.40. The lowest BCUT2D eigenvalue weighted by molar-refractivity contribution is 0.0476. The van der Waals surface area contributed by atoms with E-state index in [1.165, 1.54) is 0 Å². The lowest BCUT2D eigenvalue weighted by atomic mass is 9.84. The minimum Gasteiger partial charge on any atom is -0.389 e. The number of hydrogen-bond donors (Lipinski definition) is 2. The van der Waals surface area contributed by atoms with E-state index < -0.39 is 5.60 Å². The Bertz CT molecular complexity index is 280. The summed E-state index contributed by atoms with van der Waals surface area (Å²) < 4.78 is 0. The van der Waals surface area contributed by atoms with Gasteiger partial charge in [0.25, 0.3) is 0 Å². The molecule has 0 aliphatic heterocycles. The predicted molar refractivity (Wildman–Crippen MR) is 80.2 cm³/mol. The first-order chi connectivity index (χ1) is 8.47. The predicted octanol–water partition coefficient (Wildman–Crippen LogP) is 2.86. The zero-order valence-corrected chi connectivity index (χ0v) is 13.7. The van der Waals surface area contributed by atoms with Crippen molar-refractivity contribution in [3.05, 3.63) is 0 Å². The quantitative estimate of drug-likeness (QED) is 0.749. The van der Waals surface area contributed by atoms with Crippen molar-refractivity contribution in [3.8, 4) is 0 Å². The lowest BCUT2D eigenvalue weighted by Gasteiger charge is -2.31. The lowest BCUT2D eigenvalue weighted by Crippen LogP contribution is -2.48. The number of nitrogens with zero attached hydrogens (tertiary/aromatic N) is 1. The maximum Gasteiger partial charge on any atom is 0.317 e. The third-order valence-corrected chi connectivity index (χ3v) is 2.93. The topological polar surface area (TPSA) is 52.6 Å². The van der Waals surface area contributed by atoms with Crippen LogP contribution in [0, 0.1) is 11.3 Å². The number of amides is 2. The zero-order chi connectivity index (χ0) is 15.3. The molecule has 0 bridgehead atoms. The summed E-state index contributed by atoms with van der Waals surface area (Å²) in [6.07, 6.45) is 1.07. The van der Waals surface area contributed by atoms with Crippen molar-refractivity contribution in [2.45, 2.75) is 60.5 Å². The van der Waals surface area contributed by atoms with Gasteiger partial charge in [-0.2, -0.15) is 0 Å². The minimum atomic E-state index is -0.860. The Morgan fingerprint density at radius 3 is 2.16 bits per heavy atom. The van der Waals surface area contributed by atoms with Gasteiger partial charge in [-0.15, -0.1) is 0 Å². The smallest absolute Gasteiger partial charge is 0.317 e. The average Bonchev–Trinajstić information content (AvgIpc) is 2.19. The van der Waals surface area contributed by atoms with Crippen molar-refractivity contribution in [2.24, 2.45) is 11.3 Å². The number of likely N-dealkylation sites (N-methyl/N-ethyl adjacent to an activating group) is 1. The molecule has 0 heterocycles. The Morgan fingerprint density at radius 1 is 1.26 bits per heavy atom. The number of carbonyl (C=O) groups excluding carboxylic acids is 1. The van der Waals surface area contributed by atoms with E-state index in [2.05, 4.69) is 33.0 Å². The summed E-state index contributed by atoms with van der Waals surface area (Å²) in [7, 11) is 0. The summed E-state index contributed by atoms with van der Waals surface area (Å²) in [5.41, 5.74) is -0.765. The molecule has 0 unspecified atom stereocenters.